The lowest BCUT2D eigenvalue weighted by atomic mass is 10.1. The van der Waals surface area contributed by atoms with Crippen LogP contribution >= 0.6 is 11.3 Å². The van der Waals surface area contributed by atoms with Crippen molar-refractivity contribution in [3.05, 3.63) is 64.5 Å². The van der Waals surface area contributed by atoms with Gasteiger partial charge in [-0.1, -0.05) is 30.3 Å². The molecule has 0 spiro atoms. The van der Waals surface area contributed by atoms with Crippen LogP contribution in [0.5, 0.6) is 0 Å². The van der Waals surface area contributed by atoms with Crippen molar-refractivity contribution in [2.24, 2.45) is 4.99 Å². The highest BCUT2D eigenvalue weighted by Crippen LogP contribution is 2.37. The average molecular weight is 420 g/mol. The number of rotatable bonds is 4. The summed E-state index contributed by atoms with van der Waals surface area (Å²) in [6.07, 6.45) is 1.79. The Labute approximate surface area is 180 Å². The minimum Gasteiger partial charge on any atom is -0.340 e. The molecular formula is C23H25N5OS. The van der Waals surface area contributed by atoms with E-state index in [1.807, 2.05) is 29.3 Å². The van der Waals surface area contributed by atoms with Gasteiger partial charge in [0.15, 0.2) is 6.29 Å². The minimum atomic E-state index is -0.143. The van der Waals surface area contributed by atoms with Gasteiger partial charge in [-0.05, 0) is 23.8 Å². The third-order valence-corrected chi connectivity index (χ3v) is 6.81. The number of thiophene rings is 1. The van der Waals surface area contributed by atoms with E-state index >= 15 is 0 Å². The largest absolute Gasteiger partial charge is 0.340 e. The smallest absolute Gasteiger partial charge is 0.264 e. The molecule has 0 aliphatic carbocycles. The topological polar surface area (TPSA) is 60.0 Å². The second-order valence-electron chi connectivity index (χ2n) is 7.70. The standard InChI is InChI=1S/C23H25N5OS/c1-27-21-17(15-26-23(27)25-14-16-5-3-2-4-6-16)7-8-19-18(21)13-20(30-19)22(29)28-11-9-24-10-12-28/h2-8,13,15,23-25H,9-12,14H2,1H3. The molecule has 0 radical (unpaired) electrons. The van der Waals surface area contributed by atoms with Gasteiger partial charge in [0.1, 0.15) is 0 Å². The molecule has 7 heteroatoms. The van der Waals surface area contributed by atoms with Crippen LogP contribution in [0.3, 0.4) is 0 Å². The molecule has 3 aromatic rings. The summed E-state index contributed by atoms with van der Waals surface area (Å²) in [4.78, 5) is 22.6. The third-order valence-electron chi connectivity index (χ3n) is 5.72. The van der Waals surface area contributed by atoms with Crippen LogP contribution in [0.15, 0.2) is 53.5 Å². The predicted octanol–water partition coefficient (Wildman–Crippen LogP) is 2.89. The third kappa shape index (κ3) is 3.60. The van der Waals surface area contributed by atoms with E-state index in [-0.39, 0.29) is 12.2 Å². The van der Waals surface area contributed by atoms with E-state index in [9.17, 15) is 4.79 Å². The molecule has 1 amide bonds. The number of carbonyl (C=O) groups is 1. The van der Waals surface area contributed by atoms with Crippen molar-refractivity contribution in [2.75, 3.05) is 38.1 Å². The first-order valence-corrected chi connectivity index (χ1v) is 11.1. The first-order valence-electron chi connectivity index (χ1n) is 10.3. The molecule has 2 aliphatic heterocycles. The molecule has 3 heterocycles. The molecule has 5 rings (SSSR count). The number of fused-ring (bicyclic) bond motifs is 3. The normalized spacial score (nSPS) is 18.6. The maximum atomic E-state index is 13.0. The average Bonchev–Trinajstić information content (AvgIpc) is 3.24. The highest BCUT2D eigenvalue weighted by atomic mass is 32.1. The summed E-state index contributed by atoms with van der Waals surface area (Å²) in [6.45, 7) is 4.00. The van der Waals surface area contributed by atoms with Crippen molar-refractivity contribution in [3.63, 3.8) is 0 Å². The van der Waals surface area contributed by atoms with Crippen LogP contribution in [-0.4, -0.2) is 56.5 Å². The molecule has 2 aliphatic rings. The Morgan fingerprint density at radius 2 is 2.00 bits per heavy atom. The van der Waals surface area contributed by atoms with E-state index in [2.05, 4.69) is 52.9 Å². The lowest BCUT2D eigenvalue weighted by Gasteiger charge is -2.32. The number of carbonyl (C=O) groups excluding carboxylic acids is 1. The Kier molecular flexibility index (Phi) is 5.25. The lowest BCUT2D eigenvalue weighted by molar-refractivity contribution is 0.0741. The van der Waals surface area contributed by atoms with Gasteiger partial charge in [-0.25, -0.2) is 0 Å². The van der Waals surface area contributed by atoms with E-state index in [1.54, 1.807) is 11.3 Å². The number of nitrogens with one attached hydrogen (secondary N) is 2. The maximum absolute atomic E-state index is 13.0. The van der Waals surface area contributed by atoms with Crippen molar-refractivity contribution in [1.82, 2.24) is 15.5 Å². The molecule has 2 N–H and O–H groups in total. The fraction of sp³-hybridized carbons (Fsp3) is 0.304. The SMILES string of the molecule is CN1c2c(ccc3sc(C(=O)N4CCNCC4)cc23)C=NC1NCc1ccccc1. The molecule has 1 fully saturated rings. The minimum absolute atomic E-state index is 0.136. The first kappa shape index (κ1) is 19.2. The summed E-state index contributed by atoms with van der Waals surface area (Å²) < 4.78 is 1.14. The second-order valence-corrected chi connectivity index (χ2v) is 8.78. The fourth-order valence-corrected chi connectivity index (χ4v) is 5.14. The molecule has 2 aromatic carbocycles. The number of anilines is 1. The zero-order valence-electron chi connectivity index (χ0n) is 17.0. The zero-order valence-corrected chi connectivity index (χ0v) is 17.8. The summed E-state index contributed by atoms with van der Waals surface area (Å²) in [7, 11) is 2.06. The van der Waals surface area contributed by atoms with Crippen LogP contribution in [-0.2, 0) is 6.54 Å². The number of nitrogens with zero attached hydrogens (tertiary/aromatic N) is 3. The van der Waals surface area contributed by atoms with Crippen LogP contribution in [0.2, 0.25) is 0 Å². The quantitative estimate of drug-likeness (QED) is 0.683. The van der Waals surface area contributed by atoms with Crippen molar-refractivity contribution < 1.29 is 4.79 Å². The molecule has 0 saturated carbocycles. The van der Waals surface area contributed by atoms with Crippen molar-refractivity contribution in [3.8, 4) is 0 Å². The van der Waals surface area contributed by atoms with Crippen LogP contribution in [0.1, 0.15) is 20.8 Å². The molecule has 6 nitrogen and oxygen atoms in total. The summed E-state index contributed by atoms with van der Waals surface area (Å²) in [5.74, 6) is 0.136. The van der Waals surface area contributed by atoms with Gasteiger partial charge >= 0.3 is 0 Å². The Hall–Kier alpha value is -2.74. The van der Waals surface area contributed by atoms with E-state index in [0.717, 1.165) is 58.9 Å². The highest BCUT2D eigenvalue weighted by Gasteiger charge is 2.25. The van der Waals surface area contributed by atoms with Crippen molar-refractivity contribution in [2.45, 2.75) is 12.8 Å². The number of benzene rings is 2. The summed E-state index contributed by atoms with van der Waals surface area (Å²) in [5, 5.41) is 7.95. The van der Waals surface area contributed by atoms with Crippen LogP contribution in [0, 0.1) is 0 Å². The Morgan fingerprint density at radius 3 is 2.80 bits per heavy atom. The summed E-state index contributed by atoms with van der Waals surface area (Å²) in [5.41, 5.74) is 3.44. The van der Waals surface area contributed by atoms with Crippen molar-refractivity contribution in [1.29, 1.82) is 0 Å². The molecule has 30 heavy (non-hydrogen) atoms. The summed E-state index contributed by atoms with van der Waals surface area (Å²) >= 11 is 1.58. The molecule has 1 aromatic heterocycles. The molecule has 0 bridgehead atoms. The van der Waals surface area contributed by atoms with Gasteiger partial charge in [-0.2, -0.15) is 0 Å². The van der Waals surface area contributed by atoms with Crippen molar-refractivity contribution >= 4 is 39.2 Å². The first-order chi connectivity index (χ1) is 14.7. The number of piperazine rings is 1. The number of hydrogen-bond donors (Lipinski definition) is 2. The number of aliphatic imine (C=N–C) groups is 1. The molecule has 1 atom stereocenters. The van der Waals surface area contributed by atoms with E-state index < -0.39 is 0 Å². The van der Waals surface area contributed by atoms with Gasteiger partial charge < -0.3 is 15.1 Å². The molecular weight excluding hydrogens is 394 g/mol. The van der Waals surface area contributed by atoms with Gasteiger partial charge in [0, 0.05) is 61.6 Å². The summed E-state index contributed by atoms with van der Waals surface area (Å²) in [6, 6.07) is 16.6. The van der Waals surface area contributed by atoms with Crippen LogP contribution in [0.25, 0.3) is 10.1 Å². The van der Waals surface area contributed by atoms with Gasteiger partial charge in [0.05, 0.1) is 10.6 Å². The van der Waals surface area contributed by atoms with Gasteiger partial charge in [-0.3, -0.25) is 15.1 Å². The van der Waals surface area contributed by atoms with Gasteiger partial charge in [0.2, 0.25) is 0 Å². The van der Waals surface area contributed by atoms with Crippen LogP contribution < -0.4 is 15.5 Å². The van der Waals surface area contributed by atoms with E-state index in [4.69, 9.17) is 4.99 Å². The highest BCUT2D eigenvalue weighted by molar-refractivity contribution is 7.20. The monoisotopic (exact) mass is 419 g/mol. The lowest BCUT2D eigenvalue weighted by Crippen LogP contribution is -2.46. The maximum Gasteiger partial charge on any atom is 0.264 e. The Morgan fingerprint density at radius 1 is 1.20 bits per heavy atom. The number of amides is 1. The second kappa shape index (κ2) is 8.18. The van der Waals surface area contributed by atoms with E-state index in [1.165, 1.54) is 5.56 Å². The Balaban J connectivity index is 1.41. The molecule has 1 unspecified atom stereocenters. The number of hydrogen-bond acceptors (Lipinski definition) is 6. The molecule has 154 valence electrons. The Bertz CT molecular complexity index is 1090. The van der Waals surface area contributed by atoms with Gasteiger partial charge in [-0.15, -0.1) is 11.3 Å². The zero-order chi connectivity index (χ0) is 20.5. The van der Waals surface area contributed by atoms with Crippen LogP contribution in [0.4, 0.5) is 5.69 Å². The van der Waals surface area contributed by atoms with Gasteiger partial charge in [0.25, 0.3) is 5.91 Å². The predicted molar refractivity (Wildman–Crippen MR) is 124 cm³/mol. The van der Waals surface area contributed by atoms with E-state index in [0.29, 0.717) is 0 Å². The molecule has 1 saturated heterocycles. The fourth-order valence-electron chi connectivity index (χ4n) is 4.11.